The highest BCUT2D eigenvalue weighted by Gasteiger charge is 2.35. The largest absolute Gasteiger partial charge is 0.465 e. The molecule has 0 aliphatic heterocycles. The first-order chi connectivity index (χ1) is 14.1. The van der Waals surface area contributed by atoms with Gasteiger partial charge in [-0.05, 0) is 51.4 Å². The lowest BCUT2D eigenvalue weighted by Crippen LogP contribution is -2.49. The molecule has 0 unspecified atom stereocenters. The molecule has 8 heteroatoms. The van der Waals surface area contributed by atoms with Gasteiger partial charge in [0.05, 0.1) is 22.8 Å². The van der Waals surface area contributed by atoms with Crippen LogP contribution in [-0.2, 0) is 9.53 Å². The first-order valence-corrected chi connectivity index (χ1v) is 12.7. The van der Waals surface area contributed by atoms with Crippen molar-refractivity contribution >= 4 is 40.2 Å². The van der Waals surface area contributed by atoms with Gasteiger partial charge in [-0.1, -0.05) is 37.5 Å². The van der Waals surface area contributed by atoms with Gasteiger partial charge in [-0.25, -0.2) is 9.78 Å². The van der Waals surface area contributed by atoms with Crippen LogP contribution in [0, 0.1) is 5.92 Å². The van der Waals surface area contributed by atoms with E-state index in [0.29, 0.717) is 23.8 Å². The van der Waals surface area contributed by atoms with Crippen LogP contribution in [0.15, 0.2) is 10.4 Å². The third kappa shape index (κ3) is 6.35. The molecule has 162 valence electrons. The van der Waals surface area contributed by atoms with Crippen molar-refractivity contribution in [1.29, 1.82) is 0 Å². The number of rotatable bonds is 8. The quantitative estimate of drug-likeness (QED) is 0.425. The van der Waals surface area contributed by atoms with Crippen LogP contribution in [0.2, 0.25) is 0 Å². The summed E-state index contributed by atoms with van der Waals surface area (Å²) in [4.78, 5) is 31.2. The molecule has 29 heavy (non-hydrogen) atoms. The molecule has 1 aromatic rings. The van der Waals surface area contributed by atoms with Gasteiger partial charge in [0.2, 0.25) is 0 Å². The van der Waals surface area contributed by atoms with Crippen LogP contribution in [0.1, 0.15) is 71.6 Å². The Morgan fingerprint density at radius 1 is 1.17 bits per heavy atom. The zero-order valence-corrected chi connectivity index (χ0v) is 19.2. The number of urea groups is 1. The van der Waals surface area contributed by atoms with Gasteiger partial charge in [-0.15, -0.1) is 11.8 Å². The topological polar surface area (TPSA) is 71.5 Å². The molecule has 0 atom stereocenters. The maximum Gasteiger partial charge on any atom is 0.324 e. The molecule has 2 fully saturated rings. The number of hydrogen-bond acceptors (Lipinski definition) is 6. The first kappa shape index (κ1) is 22.4. The molecule has 0 aromatic carbocycles. The van der Waals surface area contributed by atoms with Gasteiger partial charge in [-0.3, -0.25) is 10.1 Å². The Morgan fingerprint density at radius 3 is 2.52 bits per heavy atom. The van der Waals surface area contributed by atoms with Crippen LogP contribution in [0.3, 0.4) is 0 Å². The molecule has 2 aliphatic rings. The van der Waals surface area contributed by atoms with Crippen molar-refractivity contribution in [3.63, 3.8) is 0 Å². The zero-order chi connectivity index (χ0) is 20.6. The molecule has 0 bridgehead atoms. The molecule has 2 saturated carbocycles. The van der Waals surface area contributed by atoms with Gasteiger partial charge in [0.1, 0.15) is 0 Å². The Kier molecular flexibility index (Phi) is 8.66. The Hall–Kier alpha value is -1.28. The summed E-state index contributed by atoms with van der Waals surface area (Å²) in [5, 5.41) is 3.64. The van der Waals surface area contributed by atoms with Gasteiger partial charge in [0.25, 0.3) is 0 Å². The molecule has 6 nitrogen and oxygen atoms in total. The fourth-order valence-electron chi connectivity index (χ4n) is 4.52. The van der Waals surface area contributed by atoms with Crippen molar-refractivity contribution in [2.75, 3.05) is 17.7 Å². The van der Waals surface area contributed by atoms with Crippen molar-refractivity contribution in [2.45, 2.75) is 87.9 Å². The number of ether oxygens (including phenoxy) is 1. The number of amides is 2. The van der Waals surface area contributed by atoms with Crippen LogP contribution in [0.4, 0.5) is 9.93 Å². The Bertz CT molecular complexity index is 668. The number of hydrogen-bond donors (Lipinski definition) is 1. The standard InChI is InChI=1S/C21H33N3O3S2/c1-3-15-9-11-17(12-10-15)24(16-7-5-6-8-16)21(26)23-20-22-13-19(29-20)28-14-18(25)27-4-2/h13,15-17H,3-12,14H2,1-2H3,(H,22,23,26)/t15-,17-. The molecule has 0 saturated heterocycles. The smallest absolute Gasteiger partial charge is 0.324 e. The molecular weight excluding hydrogens is 406 g/mol. The monoisotopic (exact) mass is 439 g/mol. The molecule has 1 N–H and O–H groups in total. The number of anilines is 1. The second kappa shape index (κ2) is 11.2. The lowest BCUT2D eigenvalue weighted by molar-refractivity contribution is -0.139. The summed E-state index contributed by atoms with van der Waals surface area (Å²) in [5.74, 6) is 0.849. The number of nitrogens with zero attached hydrogens (tertiary/aromatic N) is 2. The highest BCUT2D eigenvalue weighted by Crippen LogP contribution is 2.35. The SMILES string of the molecule is CCOC(=O)CSc1cnc(NC(=O)N(C2CCCC2)[C@H]2CC[C@H](CC)CC2)s1. The van der Waals surface area contributed by atoms with Crippen molar-refractivity contribution in [2.24, 2.45) is 5.92 Å². The number of aromatic nitrogens is 1. The zero-order valence-electron chi connectivity index (χ0n) is 17.5. The fourth-order valence-corrected chi connectivity index (χ4v) is 6.18. The molecular formula is C21H33N3O3S2. The maximum atomic E-state index is 13.2. The number of thioether (sulfide) groups is 1. The van der Waals surface area contributed by atoms with Crippen molar-refractivity contribution in [1.82, 2.24) is 9.88 Å². The second-order valence-corrected chi connectivity index (χ2v) is 10.2. The summed E-state index contributed by atoms with van der Waals surface area (Å²) >= 11 is 2.81. The Labute approximate surface area is 182 Å². The van der Waals surface area contributed by atoms with E-state index in [9.17, 15) is 9.59 Å². The van der Waals surface area contributed by atoms with Gasteiger partial charge in [-0.2, -0.15) is 0 Å². The fraction of sp³-hybridized carbons (Fsp3) is 0.762. The number of nitrogens with one attached hydrogen (secondary N) is 1. The predicted molar refractivity (Wildman–Crippen MR) is 119 cm³/mol. The van der Waals surface area contributed by atoms with E-state index >= 15 is 0 Å². The number of thiazole rings is 1. The average molecular weight is 440 g/mol. The Morgan fingerprint density at radius 2 is 1.86 bits per heavy atom. The van der Waals surface area contributed by atoms with Crippen molar-refractivity contribution < 1.29 is 14.3 Å². The number of esters is 1. The second-order valence-electron chi connectivity index (χ2n) is 7.94. The molecule has 2 aliphatic carbocycles. The highest BCUT2D eigenvalue weighted by molar-refractivity contribution is 8.01. The van der Waals surface area contributed by atoms with Crippen molar-refractivity contribution in [3.8, 4) is 0 Å². The Balaban J connectivity index is 1.59. The van der Waals surface area contributed by atoms with E-state index in [1.165, 1.54) is 55.2 Å². The van der Waals surface area contributed by atoms with E-state index < -0.39 is 0 Å². The first-order valence-electron chi connectivity index (χ1n) is 10.9. The van der Waals surface area contributed by atoms with E-state index in [4.69, 9.17) is 4.74 Å². The van der Waals surface area contributed by atoms with E-state index in [1.807, 2.05) is 0 Å². The summed E-state index contributed by atoms with van der Waals surface area (Å²) in [6.07, 6.45) is 12.3. The van der Waals surface area contributed by atoms with Gasteiger partial charge in [0, 0.05) is 12.1 Å². The molecule has 0 spiro atoms. The third-order valence-electron chi connectivity index (χ3n) is 6.08. The van der Waals surface area contributed by atoms with Crippen LogP contribution in [0.5, 0.6) is 0 Å². The van der Waals surface area contributed by atoms with Crippen LogP contribution in [0.25, 0.3) is 0 Å². The minimum absolute atomic E-state index is 0.00635. The minimum atomic E-state index is -0.230. The molecule has 2 amide bonds. The number of carbonyl (C=O) groups excluding carboxylic acids is 2. The molecule has 0 radical (unpaired) electrons. The van der Waals surface area contributed by atoms with Crippen LogP contribution >= 0.6 is 23.1 Å². The number of carbonyl (C=O) groups is 2. The van der Waals surface area contributed by atoms with E-state index in [2.05, 4.69) is 22.1 Å². The lowest BCUT2D eigenvalue weighted by Gasteiger charge is -2.40. The van der Waals surface area contributed by atoms with Crippen LogP contribution in [-0.4, -0.2) is 46.3 Å². The van der Waals surface area contributed by atoms with E-state index in [0.717, 1.165) is 35.8 Å². The molecule has 1 aromatic heterocycles. The summed E-state index contributed by atoms with van der Waals surface area (Å²) in [7, 11) is 0. The normalized spacial score (nSPS) is 22.4. The average Bonchev–Trinajstić information content (AvgIpc) is 3.40. The molecule has 3 rings (SSSR count). The van der Waals surface area contributed by atoms with E-state index in [1.54, 1.807) is 13.1 Å². The third-order valence-corrected chi connectivity index (χ3v) is 8.16. The molecule has 1 heterocycles. The lowest BCUT2D eigenvalue weighted by atomic mass is 9.83. The summed E-state index contributed by atoms with van der Waals surface area (Å²) in [5.41, 5.74) is 0. The van der Waals surface area contributed by atoms with Crippen molar-refractivity contribution in [3.05, 3.63) is 6.20 Å². The summed E-state index contributed by atoms with van der Waals surface area (Å²) < 4.78 is 5.86. The highest BCUT2D eigenvalue weighted by atomic mass is 32.2. The van der Waals surface area contributed by atoms with E-state index in [-0.39, 0.29) is 17.8 Å². The summed E-state index contributed by atoms with van der Waals surface area (Å²) in [6.45, 7) is 4.46. The van der Waals surface area contributed by atoms with Gasteiger partial charge < -0.3 is 9.64 Å². The maximum absolute atomic E-state index is 13.2. The predicted octanol–water partition coefficient (Wildman–Crippen LogP) is 5.54. The minimum Gasteiger partial charge on any atom is -0.465 e. The van der Waals surface area contributed by atoms with Crippen LogP contribution < -0.4 is 5.32 Å². The van der Waals surface area contributed by atoms with Gasteiger partial charge >= 0.3 is 12.0 Å². The summed E-state index contributed by atoms with van der Waals surface area (Å²) in [6, 6.07) is 0.697. The van der Waals surface area contributed by atoms with Gasteiger partial charge in [0.15, 0.2) is 5.13 Å².